The van der Waals surface area contributed by atoms with Gasteiger partial charge in [-0.25, -0.2) is 0 Å². The van der Waals surface area contributed by atoms with Gasteiger partial charge in [0.05, 0.1) is 0 Å². The number of rotatable bonds is 6. The lowest BCUT2D eigenvalue weighted by Gasteiger charge is -2.15. The number of aryl methyl sites for hydroxylation is 1. The van der Waals surface area contributed by atoms with Gasteiger partial charge < -0.3 is 10.1 Å². The Morgan fingerprint density at radius 3 is 2.46 bits per heavy atom. The number of fused-ring (bicyclic) bond motifs is 1. The van der Waals surface area contributed by atoms with Crippen molar-refractivity contribution in [3.63, 3.8) is 0 Å². The third-order valence-corrected chi connectivity index (χ3v) is 5.31. The first-order chi connectivity index (χ1) is 13.7. The normalized spacial score (nSPS) is 10.8. The van der Waals surface area contributed by atoms with Crippen LogP contribution in [-0.4, -0.2) is 0 Å². The first-order valence-electron chi connectivity index (χ1n) is 9.37. The highest BCUT2D eigenvalue weighted by Crippen LogP contribution is 2.27. The molecular weight excluding hydrogens is 410 g/mol. The Balaban J connectivity index is 1.52. The average molecular weight is 432 g/mol. The summed E-state index contributed by atoms with van der Waals surface area (Å²) in [5.74, 6) is 0.899. The van der Waals surface area contributed by atoms with Crippen LogP contribution in [0.15, 0.2) is 89.4 Å². The Bertz CT molecular complexity index is 1080. The Morgan fingerprint density at radius 1 is 0.821 bits per heavy atom. The van der Waals surface area contributed by atoms with E-state index in [-0.39, 0.29) is 0 Å². The zero-order valence-electron chi connectivity index (χ0n) is 15.8. The minimum absolute atomic E-state index is 0.542. The summed E-state index contributed by atoms with van der Waals surface area (Å²) in [4.78, 5) is 0. The van der Waals surface area contributed by atoms with Crippen molar-refractivity contribution in [2.24, 2.45) is 0 Å². The highest BCUT2D eigenvalue weighted by Gasteiger charge is 2.07. The average Bonchev–Trinajstić information content (AvgIpc) is 2.72. The third-order valence-electron chi connectivity index (χ3n) is 4.82. The number of anilines is 1. The molecule has 0 saturated carbocycles. The van der Waals surface area contributed by atoms with Gasteiger partial charge in [0, 0.05) is 22.3 Å². The van der Waals surface area contributed by atoms with Gasteiger partial charge in [0.1, 0.15) is 12.4 Å². The van der Waals surface area contributed by atoms with Gasteiger partial charge in [0.15, 0.2) is 0 Å². The van der Waals surface area contributed by atoms with Crippen LogP contribution in [0.4, 0.5) is 5.69 Å². The molecule has 0 fully saturated rings. The fraction of sp³-hybridized carbons (Fsp3) is 0.120. The molecule has 0 unspecified atom stereocenters. The summed E-state index contributed by atoms with van der Waals surface area (Å²) in [6.45, 7) is 3.34. The van der Waals surface area contributed by atoms with E-state index >= 15 is 0 Å². The van der Waals surface area contributed by atoms with E-state index in [1.165, 1.54) is 21.9 Å². The van der Waals surface area contributed by atoms with Gasteiger partial charge >= 0.3 is 0 Å². The summed E-state index contributed by atoms with van der Waals surface area (Å²) in [6.07, 6.45) is 0. The van der Waals surface area contributed by atoms with E-state index in [0.29, 0.717) is 13.2 Å². The molecule has 0 spiro atoms. The van der Waals surface area contributed by atoms with Crippen molar-refractivity contribution in [1.82, 2.24) is 0 Å². The van der Waals surface area contributed by atoms with Crippen LogP contribution in [0.5, 0.6) is 5.75 Å². The Morgan fingerprint density at radius 2 is 1.61 bits per heavy atom. The highest BCUT2D eigenvalue weighted by atomic mass is 79.9. The molecular formula is C25H22BrNO. The van der Waals surface area contributed by atoms with Gasteiger partial charge in [-0.15, -0.1) is 0 Å². The molecule has 0 aromatic heterocycles. The van der Waals surface area contributed by atoms with Gasteiger partial charge in [-0.2, -0.15) is 0 Å². The fourth-order valence-corrected chi connectivity index (χ4v) is 3.68. The summed E-state index contributed by atoms with van der Waals surface area (Å²) in [6, 6.07) is 29.4. The van der Waals surface area contributed by atoms with Crippen LogP contribution in [-0.2, 0) is 13.2 Å². The summed E-state index contributed by atoms with van der Waals surface area (Å²) in [5, 5.41) is 5.96. The van der Waals surface area contributed by atoms with Crippen LogP contribution in [0.3, 0.4) is 0 Å². The molecule has 4 aromatic rings. The molecule has 0 aliphatic heterocycles. The van der Waals surface area contributed by atoms with Crippen molar-refractivity contribution >= 4 is 32.4 Å². The van der Waals surface area contributed by atoms with Crippen LogP contribution in [0, 0.1) is 6.92 Å². The van der Waals surface area contributed by atoms with Crippen molar-refractivity contribution in [2.45, 2.75) is 20.1 Å². The van der Waals surface area contributed by atoms with Crippen molar-refractivity contribution < 1.29 is 4.74 Å². The minimum Gasteiger partial charge on any atom is -0.489 e. The van der Waals surface area contributed by atoms with Crippen LogP contribution < -0.4 is 10.1 Å². The third kappa shape index (κ3) is 4.37. The van der Waals surface area contributed by atoms with Crippen molar-refractivity contribution in [3.05, 3.63) is 106 Å². The predicted octanol–water partition coefficient (Wildman–Crippen LogP) is 7.10. The molecule has 0 heterocycles. The molecule has 0 radical (unpaired) electrons. The van der Waals surface area contributed by atoms with E-state index in [4.69, 9.17) is 4.74 Å². The number of nitrogens with one attached hydrogen (secondary N) is 1. The highest BCUT2D eigenvalue weighted by molar-refractivity contribution is 9.10. The van der Waals surface area contributed by atoms with Crippen LogP contribution in [0.1, 0.15) is 16.7 Å². The largest absolute Gasteiger partial charge is 0.489 e. The van der Waals surface area contributed by atoms with Crippen LogP contribution in [0.2, 0.25) is 0 Å². The maximum absolute atomic E-state index is 6.23. The SMILES string of the molecule is Cc1ccc(NCc2cc(Br)ccc2OCc2cccc3ccccc23)cc1. The van der Waals surface area contributed by atoms with Crippen LogP contribution >= 0.6 is 15.9 Å². The maximum atomic E-state index is 6.23. The van der Waals surface area contributed by atoms with Gasteiger partial charge in [-0.3, -0.25) is 0 Å². The molecule has 140 valence electrons. The molecule has 3 heteroatoms. The monoisotopic (exact) mass is 431 g/mol. The van der Waals surface area contributed by atoms with Gasteiger partial charge in [0.2, 0.25) is 0 Å². The number of benzene rings is 4. The molecule has 0 bridgehead atoms. The van der Waals surface area contributed by atoms with Gasteiger partial charge in [-0.1, -0.05) is 76.1 Å². The quantitative estimate of drug-likeness (QED) is 0.351. The number of ether oxygens (including phenoxy) is 1. The van der Waals surface area contributed by atoms with E-state index in [2.05, 4.69) is 101 Å². The van der Waals surface area contributed by atoms with Crippen molar-refractivity contribution in [1.29, 1.82) is 0 Å². The molecule has 2 nitrogen and oxygen atoms in total. The molecule has 0 saturated heterocycles. The lowest BCUT2D eigenvalue weighted by molar-refractivity contribution is 0.304. The molecule has 0 atom stereocenters. The molecule has 4 rings (SSSR count). The van der Waals surface area contributed by atoms with E-state index in [1.807, 2.05) is 12.1 Å². The van der Waals surface area contributed by atoms with E-state index < -0.39 is 0 Å². The molecule has 0 aliphatic carbocycles. The number of halogens is 1. The summed E-state index contributed by atoms with van der Waals surface area (Å²) in [5.41, 5.74) is 4.67. The van der Waals surface area contributed by atoms with Crippen molar-refractivity contribution in [3.8, 4) is 5.75 Å². The summed E-state index contributed by atoms with van der Waals surface area (Å²) in [7, 11) is 0. The lowest BCUT2D eigenvalue weighted by atomic mass is 10.1. The number of hydrogen-bond donors (Lipinski definition) is 1. The molecule has 28 heavy (non-hydrogen) atoms. The second-order valence-electron chi connectivity index (χ2n) is 6.90. The summed E-state index contributed by atoms with van der Waals surface area (Å²) < 4.78 is 7.28. The summed E-state index contributed by atoms with van der Waals surface area (Å²) >= 11 is 3.58. The Hall–Kier alpha value is -2.78. The van der Waals surface area contributed by atoms with E-state index in [0.717, 1.165) is 21.5 Å². The Labute approximate surface area is 174 Å². The zero-order valence-corrected chi connectivity index (χ0v) is 17.4. The van der Waals surface area contributed by atoms with Crippen LogP contribution in [0.25, 0.3) is 10.8 Å². The molecule has 0 amide bonds. The van der Waals surface area contributed by atoms with Gasteiger partial charge in [0.25, 0.3) is 0 Å². The van der Waals surface area contributed by atoms with E-state index in [1.54, 1.807) is 0 Å². The number of hydrogen-bond acceptors (Lipinski definition) is 2. The minimum atomic E-state index is 0.542. The van der Waals surface area contributed by atoms with E-state index in [9.17, 15) is 0 Å². The fourth-order valence-electron chi connectivity index (χ4n) is 3.27. The predicted molar refractivity (Wildman–Crippen MR) is 121 cm³/mol. The first-order valence-corrected chi connectivity index (χ1v) is 10.2. The standard InChI is InChI=1S/C25H22BrNO/c1-18-9-12-23(13-10-18)27-16-21-15-22(26)11-14-25(21)28-17-20-7-4-6-19-5-2-3-8-24(19)20/h2-15,27H,16-17H2,1H3. The lowest BCUT2D eigenvalue weighted by Crippen LogP contribution is -2.04. The smallest absolute Gasteiger partial charge is 0.124 e. The first kappa shape index (κ1) is 18.6. The second-order valence-corrected chi connectivity index (χ2v) is 7.81. The second kappa shape index (κ2) is 8.49. The van der Waals surface area contributed by atoms with Gasteiger partial charge in [-0.05, 0) is 53.6 Å². The van der Waals surface area contributed by atoms with Crippen molar-refractivity contribution in [2.75, 3.05) is 5.32 Å². The molecule has 4 aromatic carbocycles. The molecule has 1 N–H and O–H groups in total. The Kier molecular flexibility index (Phi) is 5.63. The topological polar surface area (TPSA) is 21.3 Å². The molecule has 0 aliphatic rings. The zero-order chi connectivity index (χ0) is 19.3. The maximum Gasteiger partial charge on any atom is 0.124 e.